The van der Waals surface area contributed by atoms with Gasteiger partial charge in [-0.2, -0.15) is 0 Å². The number of hydrogen-bond donors (Lipinski definition) is 2. The Kier molecular flexibility index (Phi) is 4.59. The van der Waals surface area contributed by atoms with Gasteiger partial charge in [0.15, 0.2) is 4.77 Å². The van der Waals surface area contributed by atoms with Crippen molar-refractivity contribution >= 4 is 18.4 Å². The topological polar surface area (TPSA) is 70.4 Å². The van der Waals surface area contributed by atoms with E-state index in [9.17, 15) is 9.90 Å². The Balaban J connectivity index is 3.35. The molecule has 6 heteroatoms. The van der Waals surface area contributed by atoms with Gasteiger partial charge in [-0.05, 0) is 12.2 Å². The highest BCUT2D eigenvalue weighted by atomic mass is 32.1. The van der Waals surface area contributed by atoms with Crippen LogP contribution in [0, 0.1) is 4.77 Å². The number of nitrogens with one attached hydrogen (secondary N) is 1. The van der Waals surface area contributed by atoms with Crippen molar-refractivity contribution in [3.63, 3.8) is 0 Å². The molecule has 0 bridgehead atoms. The van der Waals surface area contributed by atoms with Gasteiger partial charge >= 0.3 is 0 Å². The van der Waals surface area contributed by atoms with Crippen LogP contribution in [0.3, 0.4) is 0 Å². The molecule has 1 heterocycles. The summed E-state index contributed by atoms with van der Waals surface area (Å²) in [5, 5.41) is 9.89. The molecule has 0 amide bonds. The Labute approximate surface area is 103 Å². The van der Waals surface area contributed by atoms with Crippen molar-refractivity contribution in [1.29, 1.82) is 0 Å². The monoisotopic (exact) mass is 251 g/mol. The first-order valence-corrected chi connectivity index (χ1v) is 5.30. The van der Waals surface area contributed by atoms with E-state index in [1.54, 1.807) is 12.2 Å². The van der Waals surface area contributed by atoms with Crippen LogP contribution in [0.2, 0.25) is 0 Å². The quantitative estimate of drug-likeness (QED) is 0.472. The molecule has 1 rings (SSSR count). The number of nitrogens with zero attached hydrogens (tertiary/aromatic N) is 2. The van der Waals surface area contributed by atoms with Gasteiger partial charge in [0.2, 0.25) is 5.88 Å². The zero-order chi connectivity index (χ0) is 12.8. The predicted molar refractivity (Wildman–Crippen MR) is 70.4 cm³/mol. The molecule has 2 N–H and O–H groups in total. The number of aliphatic imine (C=N–C) groups is 1. The maximum Gasteiger partial charge on any atom is 0.264 e. The molecule has 0 aromatic carbocycles. The van der Waals surface area contributed by atoms with Crippen LogP contribution in [0.25, 0.3) is 0 Å². The summed E-state index contributed by atoms with van der Waals surface area (Å²) in [6, 6.07) is 0. The molecule has 0 spiro atoms. The summed E-state index contributed by atoms with van der Waals surface area (Å²) in [5.74, 6) is -0.216. The second-order valence-corrected chi connectivity index (χ2v) is 3.57. The smallest absolute Gasteiger partial charge is 0.264 e. The Morgan fingerprint density at radius 3 is 2.76 bits per heavy atom. The van der Waals surface area contributed by atoms with Gasteiger partial charge < -0.3 is 5.11 Å². The van der Waals surface area contributed by atoms with Crippen LogP contribution in [0.15, 0.2) is 35.1 Å². The molecule has 1 aromatic rings. The van der Waals surface area contributed by atoms with Gasteiger partial charge in [0.25, 0.3) is 5.56 Å². The maximum atomic E-state index is 11.6. The fourth-order valence-electron chi connectivity index (χ4n) is 1.21. The van der Waals surface area contributed by atoms with E-state index < -0.39 is 5.56 Å². The van der Waals surface area contributed by atoms with Gasteiger partial charge in [-0.1, -0.05) is 12.2 Å². The Hall–Kier alpha value is -1.95. The predicted octanol–water partition coefficient (Wildman–Crippen LogP) is 1.40. The first kappa shape index (κ1) is 13.1. The minimum absolute atomic E-state index is 0.0716. The molecule has 0 radical (unpaired) electrons. The number of H-pyrrole nitrogens is 1. The van der Waals surface area contributed by atoms with Crippen molar-refractivity contribution in [3.8, 4) is 5.88 Å². The van der Waals surface area contributed by atoms with Crippen LogP contribution in [-0.2, 0) is 6.54 Å². The molecule has 0 fully saturated rings. The third kappa shape index (κ3) is 3.01. The standard InChI is InChI=1S/C11H13N3O2S/c1-3-5-12-7-8-9(15)13-11(17)14(6-4-2)10(8)16/h3-4,7,16H,1-2,5-6H2,(H,13,15,17). The van der Waals surface area contributed by atoms with Gasteiger partial charge in [-0.25, -0.2) is 0 Å². The van der Waals surface area contributed by atoms with Crippen molar-refractivity contribution in [2.24, 2.45) is 4.99 Å². The fraction of sp³-hybridized carbons (Fsp3) is 0.182. The van der Waals surface area contributed by atoms with Crippen LogP contribution < -0.4 is 5.56 Å². The van der Waals surface area contributed by atoms with Crippen molar-refractivity contribution in [2.75, 3.05) is 6.54 Å². The minimum atomic E-state index is -0.472. The lowest BCUT2D eigenvalue weighted by Crippen LogP contribution is -2.18. The average molecular weight is 251 g/mol. The average Bonchev–Trinajstić information content (AvgIpc) is 2.29. The third-order valence-corrected chi connectivity index (χ3v) is 2.30. The van der Waals surface area contributed by atoms with E-state index in [0.29, 0.717) is 13.1 Å². The van der Waals surface area contributed by atoms with Gasteiger partial charge in [0, 0.05) is 12.8 Å². The Morgan fingerprint density at radius 1 is 1.47 bits per heavy atom. The fourth-order valence-corrected chi connectivity index (χ4v) is 1.46. The van der Waals surface area contributed by atoms with E-state index in [0.717, 1.165) is 0 Å². The molecule has 0 saturated heterocycles. The molecule has 0 aliphatic rings. The lowest BCUT2D eigenvalue weighted by Gasteiger charge is -2.08. The first-order chi connectivity index (χ1) is 8.11. The van der Waals surface area contributed by atoms with E-state index >= 15 is 0 Å². The number of hydrogen-bond acceptors (Lipinski definition) is 4. The van der Waals surface area contributed by atoms with Crippen LogP contribution in [0.1, 0.15) is 5.56 Å². The molecule has 0 atom stereocenters. The summed E-state index contributed by atoms with van der Waals surface area (Å²) in [4.78, 5) is 17.9. The SMILES string of the molecule is C=CCN=Cc1c(O)n(CC=C)c(=S)[nH]c1=O. The number of aromatic nitrogens is 2. The lowest BCUT2D eigenvalue weighted by atomic mass is 10.3. The molecule has 0 saturated carbocycles. The molecule has 1 aromatic heterocycles. The Morgan fingerprint density at radius 2 is 2.18 bits per heavy atom. The molecule has 0 aliphatic carbocycles. The molecular formula is C11H13N3O2S. The van der Waals surface area contributed by atoms with E-state index in [1.165, 1.54) is 10.8 Å². The largest absolute Gasteiger partial charge is 0.494 e. The summed E-state index contributed by atoms with van der Waals surface area (Å²) < 4.78 is 1.51. The molecule has 90 valence electrons. The van der Waals surface area contributed by atoms with Gasteiger partial charge in [-0.15, -0.1) is 13.2 Å². The van der Waals surface area contributed by atoms with Gasteiger partial charge in [0.1, 0.15) is 5.56 Å². The summed E-state index contributed by atoms with van der Waals surface area (Å²) >= 11 is 4.93. The molecule has 17 heavy (non-hydrogen) atoms. The first-order valence-electron chi connectivity index (χ1n) is 4.89. The second-order valence-electron chi connectivity index (χ2n) is 3.18. The van der Waals surface area contributed by atoms with Crippen molar-refractivity contribution in [3.05, 3.63) is 46.0 Å². The number of rotatable bonds is 5. The van der Waals surface area contributed by atoms with Crippen LogP contribution in [0.5, 0.6) is 5.88 Å². The lowest BCUT2D eigenvalue weighted by molar-refractivity contribution is 0.413. The van der Waals surface area contributed by atoms with Crippen molar-refractivity contribution in [1.82, 2.24) is 9.55 Å². The molecule has 5 nitrogen and oxygen atoms in total. The van der Waals surface area contributed by atoms with E-state index in [1.807, 2.05) is 0 Å². The molecular weight excluding hydrogens is 238 g/mol. The highest BCUT2D eigenvalue weighted by molar-refractivity contribution is 7.71. The Bertz CT molecular complexity index is 569. The van der Waals surface area contributed by atoms with E-state index in [4.69, 9.17) is 12.2 Å². The number of aromatic amines is 1. The highest BCUT2D eigenvalue weighted by Gasteiger charge is 2.09. The zero-order valence-electron chi connectivity index (χ0n) is 9.22. The van der Waals surface area contributed by atoms with Crippen molar-refractivity contribution < 1.29 is 5.11 Å². The van der Waals surface area contributed by atoms with Crippen molar-refractivity contribution in [2.45, 2.75) is 6.54 Å². The minimum Gasteiger partial charge on any atom is -0.494 e. The molecule has 0 aliphatic heterocycles. The maximum absolute atomic E-state index is 11.6. The van der Waals surface area contributed by atoms with Crippen LogP contribution in [0.4, 0.5) is 0 Å². The summed E-state index contributed by atoms with van der Waals surface area (Å²) in [6.07, 6.45) is 4.45. The number of allylic oxidation sites excluding steroid dienone is 1. The van der Waals surface area contributed by atoms with Gasteiger partial charge in [-0.3, -0.25) is 19.3 Å². The summed E-state index contributed by atoms with van der Waals surface area (Å²) in [7, 11) is 0. The number of aromatic hydroxyl groups is 1. The molecule has 0 unspecified atom stereocenters. The normalized spacial score (nSPS) is 10.6. The van der Waals surface area contributed by atoms with Crippen LogP contribution in [-0.4, -0.2) is 27.4 Å². The van der Waals surface area contributed by atoms with Gasteiger partial charge in [0.05, 0.1) is 6.54 Å². The van der Waals surface area contributed by atoms with Crippen LogP contribution >= 0.6 is 12.2 Å². The second kappa shape index (κ2) is 5.95. The highest BCUT2D eigenvalue weighted by Crippen LogP contribution is 2.11. The van der Waals surface area contributed by atoms with E-state index in [-0.39, 0.29) is 16.2 Å². The van der Waals surface area contributed by atoms with E-state index in [2.05, 4.69) is 23.1 Å². The summed E-state index contributed by atoms with van der Waals surface area (Å²) in [5.41, 5.74) is -0.400. The zero-order valence-corrected chi connectivity index (χ0v) is 10.0. The third-order valence-electron chi connectivity index (χ3n) is 1.97. The summed E-state index contributed by atoms with van der Waals surface area (Å²) in [6.45, 7) is 7.73.